The molecule has 1 atom stereocenters. The van der Waals surface area contributed by atoms with Crippen LogP contribution in [0.4, 0.5) is 26.3 Å². The van der Waals surface area contributed by atoms with E-state index >= 15 is 0 Å². The third-order valence-corrected chi connectivity index (χ3v) is 1.94. The molecule has 1 aliphatic rings. The van der Waals surface area contributed by atoms with Crippen LogP contribution in [-0.2, 0) is 4.79 Å². The van der Waals surface area contributed by atoms with Gasteiger partial charge in [-0.2, -0.15) is 31.4 Å². The van der Waals surface area contributed by atoms with E-state index in [2.05, 4.69) is 5.73 Å². The van der Waals surface area contributed by atoms with Gasteiger partial charge in [-0.15, -0.1) is 0 Å². The second kappa shape index (κ2) is 4.09. The van der Waals surface area contributed by atoms with Gasteiger partial charge in [0.05, 0.1) is 5.57 Å². The van der Waals surface area contributed by atoms with Crippen molar-refractivity contribution in [2.45, 2.75) is 18.4 Å². The van der Waals surface area contributed by atoms with E-state index in [0.29, 0.717) is 6.20 Å². The monoisotopic (exact) mass is 263 g/mol. The quantitative estimate of drug-likeness (QED) is 0.720. The van der Waals surface area contributed by atoms with Crippen LogP contribution < -0.4 is 11.2 Å². The molecule has 0 aromatic heterocycles. The molecule has 17 heavy (non-hydrogen) atoms. The first kappa shape index (κ1) is 13.6. The summed E-state index contributed by atoms with van der Waals surface area (Å²) in [6.07, 6.45) is -9.35. The van der Waals surface area contributed by atoms with Crippen molar-refractivity contribution < 1.29 is 31.1 Å². The van der Waals surface area contributed by atoms with Gasteiger partial charge in [-0.1, -0.05) is 0 Å². The van der Waals surface area contributed by atoms with Crippen molar-refractivity contribution in [2.24, 2.45) is 5.73 Å². The van der Waals surface area contributed by atoms with Crippen LogP contribution in [0.5, 0.6) is 0 Å². The molecular formula is C7H7F6N3O. The van der Waals surface area contributed by atoms with Crippen molar-refractivity contribution in [1.29, 1.82) is 0 Å². The number of carbonyl (C=O) groups excluding carboxylic acids is 1. The first-order chi connectivity index (χ1) is 7.52. The molecule has 1 amide bonds. The average molecular weight is 263 g/mol. The number of nitrogens with two attached hydrogens (primary N) is 1. The zero-order valence-corrected chi connectivity index (χ0v) is 8.06. The van der Waals surface area contributed by atoms with Gasteiger partial charge in [-0.25, -0.2) is 0 Å². The zero-order valence-electron chi connectivity index (χ0n) is 8.06. The lowest BCUT2D eigenvalue weighted by Gasteiger charge is -2.28. The van der Waals surface area contributed by atoms with Crippen LogP contribution in [0.15, 0.2) is 11.8 Å². The highest BCUT2D eigenvalue weighted by molar-refractivity contribution is 5.93. The molecule has 0 radical (unpaired) electrons. The van der Waals surface area contributed by atoms with Crippen molar-refractivity contribution in [3.05, 3.63) is 11.8 Å². The van der Waals surface area contributed by atoms with Gasteiger partial charge in [0.1, 0.15) is 6.54 Å². The fourth-order valence-corrected chi connectivity index (χ4v) is 1.36. The number of carbonyl (C=O) groups is 1. The Morgan fingerprint density at radius 2 is 1.88 bits per heavy atom. The molecule has 10 heteroatoms. The first-order valence-corrected chi connectivity index (χ1v) is 4.18. The minimum absolute atomic E-state index is 0.139. The second-order valence-electron chi connectivity index (χ2n) is 3.28. The summed E-state index contributed by atoms with van der Waals surface area (Å²) in [6.45, 7) is -1.86. The standard InChI is InChI=1S/C7H7F6N3O/c8-6(9,10)2-16-4(7(11,12)13)3(1-15-16)5(14)17/h1,4,15H,2H2,(H2,14,17). The van der Waals surface area contributed by atoms with Gasteiger partial charge in [-0.3, -0.25) is 4.79 Å². The van der Waals surface area contributed by atoms with E-state index in [1.54, 1.807) is 5.43 Å². The highest BCUT2D eigenvalue weighted by Crippen LogP contribution is 2.33. The van der Waals surface area contributed by atoms with E-state index in [1.807, 2.05) is 0 Å². The van der Waals surface area contributed by atoms with Crippen LogP contribution in [-0.4, -0.2) is 35.9 Å². The van der Waals surface area contributed by atoms with E-state index in [0.717, 1.165) is 0 Å². The number of nitrogens with zero attached hydrogens (tertiary/aromatic N) is 1. The number of alkyl halides is 6. The normalized spacial score (nSPS) is 22.2. The predicted octanol–water partition coefficient (Wildman–Crippen LogP) is 0.669. The number of hydrogen-bond donors (Lipinski definition) is 2. The molecule has 98 valence electrons. The number of rotatable bonds is 2. The summed E-state index contributed by atoms with van der Waals surface area (Å²) in [5, 5.41) is -0.139. The molecule has 0 saturated heterocycles. The number of hydrazine groups is 1. The summed E-state index contributed by atoms with van der Waals surface area (Å²) in [6, 6.07) is -2.69. The molecule has 1 unspecified atom stereocenters. The zero-order chi connectivity index (χ0) is 13.4. The molecule has 4 nitrogen and oxygen atoms in total. The molecule has 0 fully saturated rings. The summed E-state index contributed by atoms with van der Waals surface area (Å²) < 4.78 is 73.5. The number of amides is 1. The Morgan fingerprint density at radius 3 is 2.24 bits per heavy atom. The smallest absolute Gasteiger partial charge is 0.366 e. The Balaban J connectivity index is 2.94. The summed E-state index contributed by atoms with van der Waals surface area (Å²) in [5.74, 6) is -1.43. The highest BCUT2D eigenvalue weighted by Gasteiger charge is 2.52. The number of hydrogen-bond acceptors (Lipinski definition) is 3. The molecule has 1 rings (SSSR count). The first-order valence-electron chi connectivity index (χ1n) is 4.18. The average Bonchev–Trinajstić information content (AvgIpc) is 2.43. The molecule has 0 aromatic carbocycles. The molecule has 1 heterocycles. The van der Waals surface area contributed by atoms with E-state index in [9.17, 15) is 31.1 Å². The highest BCUT2D eigenvalue weighted by atomic mass is 19.4. The second-order valence-corrected chi connectivity index (χ2v) is 3.28. The molecule has 0 spiro atoms. The van der Waals surface area contributed by atoms with Crippen molar-refractivity contribution in [1.82, 2.24) is 10.4 Å². The van der Waals surface area contributed by atoms with E-state index in [-0.39, 0.29) is 5.01 Å². The molecule has 3 N–H and O–H groups in total. The van der Waals surface area contributed by atoms with Crippen molar-refractivity contribution in [3.8, 4) is 0 Å². The minimum Gasteiger partial charge on any atom is -0.366 e. The maximum atomic E-state index is 12.5. The fraction of sp³-hybridized carbons (Fsp3) is 0.571. The summed E-state index contributed by atoms with van der Waals surface area (Å²) >= 11 is 0. The van der Waals surface area contributed by atoms with Gasteiger partial charge in [0.2, 0.25) is 5.91 Å². The Kier molecular flexibility index (Phi) is 3.28. The molecule has 0 aliphatic carbocycles. The van der Waals surface area contributed by atoms with Gasteiger partial charge in [0.15, 0.2) is 6.04 Å². The lowest BCUT2D eigenvalue weighted by atomic mass is 10.1. The Bertz CT molecular complexity index is 346. The van der Waals surface area contributed by atoms with Crippen LogP contribution >= 0.6 is 0 Å². The largest absolute Gasteiger partial charge is 0.410 e. The van der Waals surface area contributed by atoms with Crippen molar-refractivity contribution in [2.75, 3.05) is 6.54 Å². The molecular weight excluding hydrogens is 256 g/mol. The minimum atomic E-state index is -5.03. The lowest BCUT2D eigenvalue weighted by molar-refractivity contribution is -0.204. The van der Waals surface area contributed by atoms with Crippen molar-refractivity contribution >= 4 is 5.91 Å². The van der Waals surface area contributed by atoms with Crippen LogP contribution in [0.25, 0.3) is 0 Å². The molecule has 0 bridgehead atoms. The van der Waals surface area contributed by atoms with Crippen LogP contribution in [0, 0.1) is 0 Å². The van der Waals surface area contributed by atoms with Crippen LogP contribution in [0.1, 0.15) is 0 Å². The van der Waals surface area contributed by atoms with Gasteiger partial charge in [0.25, 0.3) is 0 Å². The SMILES string of the molecule is NC(=O)C1=CNN(CC(F)(F)F)C1C(F)(F)F. The third-order valence-electron chi connectivity index (χ3n) is 1.94. The third kappa shape index (κ3) is 3.25. The van der Waals surface area contributed by atoms with Crippen LogP contribution in [0.3, 0.4) is 0 Å². The van der Waals surface area contributed by atoms with Crippen LogP contribution in [0.2, 0.25) is 0 Å². The van der Waals surface area contributed by atoms with E-state index in [4.69, 9.17) is 0 Å². The maximum Gasteiger partial charge on any atom is 0.410 e. The molecule has 0 saturated carbocycles. The molecule has 0 aromatic rings. The van der Waals surface area contributed by atoms with Gasteiger partial charge in [0, 0.05) is 6.20 Å². The lowest BCUT2D eigenvalue weighted by Crippen LogP contribution is -2.52. The summed E-state index contributed by atoms with van der Waals surface area (Å²) in [5.41, 5.74) is 5.43. The Labute approximate surface area is 91.0 Å². The van der Waals surface area contributed by atoms with E-state index in [1.165, 1.54) is 0 Å². The van der Waals surface area contributed by atoms with E-state index < -0.39 is 36.4 Å². The number of primary amides is 1. The number of halogens is 6. The van der Waals surface area contributed by atoms with Crippen molar-refractivity contribution in [3.63, 3.8) is 0 Å². The Hall–Kier alpha value is -1.45. The van der Waals surface area contributed by atoms with Gasteiger partial charge < -0.3 is 11.2 Å². The van der Waals surface area contributed by atoms with Gasteiger partial charge in [-0.05, 0) is 0 Å². The summed E-state index contributed by atoms with van der Waals surface area (Å²) in [4.78, 5) is 10.7. The number of nitrogens with one attached hydrogen (secondary N) is 1. The summed E-state index contributed by atoms with van der Waals surface area (Å²) in [7, 11) is 0. The topological polar surface area (TPSA) is 58.4 Å². The predicted molar refractivity (Wildman–Crippen MR) is 43.0 cm³/mol. The Morgan fingerprint density at radius 1 is 1.35 bits per heavy atom. The maximum absolute atomic E-state index is 12.5. The van der Waals surface area contributed by atoms with Gasteiger partial charge >= 0.3 is 12.4 Å². The fourth-order valence-electron chi connectivity index (χ4n) is 1.36. The molecule has 1 aliphatic heterocycles.